The monoisotopic (exact) mass is 247 g/mol. The molecule has 0 saturated heterocycles. The second kappa shape index (κ2) is 6.01. The highest BCUT2D eigenvalue weighted by molar-refractivity contribution is 5.87. The molecule has 2 N–H and O–H groups in total. The van der Waals surface area contributed by atoms with Gasteiger partial charge in [0.1, 0.15) is 0 Å². The first-order valence-electron chi connectivity index (χ1n) is 6.71. The van der Waals surface area contributed by atoms with Gasteiger partial charge in [-0.1, -0.05) is 25.0 Å². The van der Waals surface area contributed by atoms with E-state index in [2.05, 4.69) is 12.2 Å². The third-order valence-electron chi connectivity index (χ3n) is 3.56. The van der Waals surface area contributed by atoms with Crippen LogP contribution in [0.5, 0.6) is 0 Å². The molecule has 98 valence electrons. The van der Waals surface area contributed by atoms with Crippen molar-refractivity contribution >= 4 is 5.97 Å². The fourth-order valence-electron chi connectivity index (χ4n) is 2.05. The third-order valence-corrected chi connectivity index (χ3v) is 3.56. The molecule has 1 atom stereocenters. The molecule has 0 radical (unpaired) electrons. The molecule has 1 aromatic rings. The van der Waals surface area contributed by atoms with Crippen molar-refractivity contribution in [1.29, 1.82) is 0 Å². The van der Waals surface area contributed by atoms with E-state index in [1.54, 1.807) is 12.1 Å². The molecule has 0 bridgehead atoms. The van der Waals surface area contributed by atoms with E-state index in [0.29, 0.717) is 11.6 Å². The summed E-state index contributed by atoms with van der Waals surface area (Å²) < 4.78 is 0. The lowest BCUT2D eigenvalue weighted by atomic mass is 10.1. The quantitative estimate of drug-likeness (QED) is 0.778. The molecule has 1 aliphatic rings. The van der Waals surface area contributed by atoms with Crippen molar-refractivity contribution in [2.24, 2.45) is 5.92 Å². The molecule has 2 rings (SSSR count). The Balaban J connectivity index is 1.72. The minimum absolute atomic E-state index is 0.348. The van der Waals surface area contributed by atoms with Crippen LogP contribution in [0.3, 0.4) is 0 Å². The van der Waals surface area contributed by atoms with E-state index in [1.165, 1.54) is 25.7 Å². The maximum absolute atomic E-state index is 10.7. The molecule has 0 amide bonds. The molecule has 3 heteroatoms. The number of aromatic carboxylic acids is 1. The average molecular weight is 247 g/mol. The predicted octanol–water partition coefficient (Wildman–Crippen LogP) is 3.05. The van der Waals surface area contributed by atoms with Gasteiger partial charge in [-0.15, -0.1) is 0 Å². The molecule has 18 heavy (non-hydrogen) atoms. The molecule has 0 aliphatic heterocycles. The highest BCUT2D eigenvalue weighted by atomic mass is 16.4. The van der Waals surface area contributed by atoms with Gasteiger partial charge in [-0.2, -0.15) is 0 Å². The van der Waals surface area contributed by atoms with Crippen molar-refractivity contribution in [3.8, 4) is 0 Å². The topological polar surface area (TPSA) is 49.3 Å². The van der Waals surface area contributed by atoms with Crippen LogP contribution < -0.4 is 5.32 Å². The molecule has 0 heterocycles. The zero-order valence-electron chi connectivity index (χ0n) is 10.9. The highest BCUT2D eigenvalue weighted by Crippen LogP contribution is 2.33. The number of hydrogen-bond acceptors (Lipinski definition) is 2. The van der Waals surface area contributed by atoms with E-state index in [4.69, 9.17) is 5.11 Å². The summed E-state index contributed by atoms with van der Waals surface area (Å²) in [5.41, 5.74) is 1.49. The molecule has 1 fully saturated rings. The van der Waals surface area contributed by atoms with Gasteiger partial charge in [0.05, 0.1) is 5.56 Å². The Labute approximate surface area is 108 Å². The molecule has 0 aromatic heterocycles. The molecule has 1 unspecified atom stereocenters. The summed E-state index contributed by atoms with van der Waals surface area (Å²) in [5, 5.41) is 12.3. The standard InChI is InChI=1S/C15H21NO2/c1-11(2-3-12-4-5-12)16-10-13-6-8-14(9-7-13)15(17)18/h6-9,11-12,16H,2-5,10H2,1H3,(H,17,18). The van der Waals surface area contributed by atoms with Crippen LogP contribution in [0.25, 0.3) is 0 Å². The Morgan fingerprint density at radius 1 is 1.39 bits per heavy atom. The lowest BCUT2D eigenvalue weighted by Crippen LogP contribution is -2.25. The molecule has 0 spiro atoms. The van der Waals surface area contributed by atoms with E-state index in [0.717, 1.165) is 18.0 Å². The van der Waals surface area contributed by atoms with E-state index < -0.39 is 5.97 Å². The summed E-state index contributed by atoms with van der Waals surface area (Å²) in [5.74, 6) is 0.122. The van der Waals surface area contributed by atoms with Gasteiger partial charge >= 0.3 is 5.97 Å². The van der Waals surface area contributed by atoms with Crippen molar-refractivity contribution in [2.75, 3.05) is 0 Å². The van der Waals surface area contributed by atoms with E-state index in [9.17, 15) is 4.79 Å². The van der Waals surface area contributed by atoms with E-state index in [-0.39, 0.29) is 0 Å². The lowest BCUT2D eigenvalue weighted by molar-refractivity contribution is 0.0697. The van der Waals surface area contributed by atoms with Crippen LogP contribution in [-0.2, 0) is 6.54 Å². The maximum atomic E-state index is 10.7. The number of rotatable bonds is 7. The second-order valence-electron chi connectivity index (χ2n) is 5.30. The minimum Gasteiger partial charge on any atom is -0.478 e. The SMILES string of the molecule is CC(CCC1CC1)NCc1ccc(C(=O)O)cc1. The zero-order chi connectivity index (χ0) is 13.0. The number of nitrogens with one attached hydrogen (secondary N) is 1. The largest absolute Gasteiger partial charge is 0.478 e. The van der Waals surface area contributed by atoms with Gasteiger partial charge in [0.2, 0.25) is 0 Å². The summed E-state index contributed by atoms with van der Waals surface area (Å²) in [7, 11) is 0. The Morgan fingerprint density at radius 2 is 2.06 bits per heavy atom. The molecule has 1 aliphatic carbocycles. The second-order valence-corrected chi connectivity index (χ2v) is 5.30. The summed E-state index contributed by atoms with van der Waals surface area (Å²) in [4.78, 5) is 10.7. The van der Waals surface area contributed by atoms with Crippen LogP contribution in [-0.4, -0.2) is 17.1 Å². The maximum Gasteiger partial charge on any atom is 0.335 e. The molecule has 3 nitrogen and oxygen atoms in total. The summed E-state index contributed by atoms with van der Waals surface area (Å²) in [6.45, 7) is 3.03. The predicted molar refractivity (Wildman–Crippen MR) is 71.7 cm³/mol. The average Bonchev–Trinajstić information content (AvgIpc) is 3.18. The normalized spacial score (nSPS) is 16.5. The first-order chi connectivity index (χ1) is 8.65. The van der Waals surface area contributed by atoms with Gasteiger partial charge in [-0.3, -0.25) is 0 Å². The first kappa shape index (κ1) is 13.1. The van der Waals surface area contributed by atoms with Gasteiger partial charge in [0.15, 0.2) is 0 Å². The molecular weight excluding hydrogens is 226 g/mol. The number of benzene rings is 1. The van der Waals surface area contributed by atoms with Gasteiger partial charge < -0.3 is 10.4 Å². The van der Waals surface area contributed by atoms with Crippen molar-refractivity contribution in [1.82, 2.24) is 5.32 Å². The van der Waals surface area contributed by atoms with Gasteiger partial charge in [0, 0.05) is 12.6 Å². The lowest BCUT2D eigenvalue weighted by Gasteiger charge is -2.13. The Hall–Kier alpha value is -1.35. The minimum atomic E-state index is -0.868. The van der Waals surface area contributed by atoms with Gasteiger partial charge in [-0.25, -0.2) is 4.79 Å². The summed E-state index contributed by atoms with van der Waals surface area (Å²) >= 11 is 0. The van der Waals surface area contributed by atoms with Crippen molar-refractivity contribution in [3.63, 3.8) is 0 Å². The van der Waals surface area contributed by atoms with E-state index >= 15 is 0 Å². The zero-order valence-corrected chi connectivity index (χ0v) is 10.9. The van der Waals surface area contributed by atoms with E-state index in [1.807, 2.05) is 12.1 Å². The summed E-state index contributed by atoms with van der Waals surface area (Å²) in [6.07, 6.45) is 5.41. The van der Waals surface area contributed by atoms with Crippen LogP contribution in [0, 0.1) is 5.92 Å². The van der Waals surface area contributed by atoms with Crippen molar-refractivity contribution in [3.05, 3.63) is 35.4 Å². The highest BCUT2D eigenvalue weighted by Gasteiger charge is 2.21. The number of carboxylic acid groups (broad SMARTS) is 1. The van der Waals surface area contributed by atoms with Crippen LogP contribution in [0.15, 0.2) is 24.3 Å². The number of carboxylic acids is 1. The van der Waals surface area contributed by atoms with Crippen LogP contribution in [0.1, 0.15) is 48.5 Å². The van der Waals surface area contributed by atoms with Gasteiger partial charge in [0.25, 0.3) is 0 Å². The van der Waals surface area contributed by atoms with Crippen LogP contribution >= 0.6 is 0 Å². The number of hydrogen-bond donors (Lipinski definition) is 2. The Morgan fingerprint density at radius 3 is 2.61 bits per heavy atom. The molecule has 1 saturated carbocycles. The van der Waals surface area contributed by atoms with Gasteiger partial charge in [-0.05, 0) is 43.4 Å². The first-order valence-corrected chi connectivity index (χ1v) is 6.71. The Kier molecular flexibility index (Phi) is 4.37. The third kappa shape index (κ3) is 4.15. The molecular formula is C15H21NO2. The van der Waals surface area contributed by atoms with Crippen molar-refractivity contribution in [2.45, 2.75) is 45.2 Å². The van der Waals surface area contributed by atoms with Crippen molar-refractivity contribution < 1.29 is 9.90 Å². The summed E-state index contributed by atoms with van der Waals surface area (Å²) in [6, 6.07) is 7.61. The Bertz CT molecular complexity index is 395. The van der Waals surface area contributed by atoms with Crippen LogP contribution in [0.2, 0.25) is 0 Å². The number of carbonyl (C=O) groups is 1. The molecule has 1 aromatic carbocycles. The smallest absolute Gasteiger partial charge is 0.335 e. The fourth-order valence-corrected chi connectivity index (χ4v) is 2.05. The van der Waals surface area contributed by atoms with Crippen LogP contribution in [0.4, 0.5) is 0 Å². The fraction of sp³-hybridized carbons (Fsp3) is 0.533.